The van der Waals surface area contributed by atoms with Gasteiger partial charge in [0.25, 0.3) is 11.8 Å². The molecule has 70 heavy (non-hydrogen) atoms. The molecule has 16 heteroatoms. The summed E-state index contributed by atoms with van der Waals surface area (Å²) in [6.45, 7) is 12.6. The van der Waals surface area contributed by atoms with Crippen LogP contribution in [0.15, 0.2) is 120 Å². The Hall–Kier alpha value is -5.93. The number of carbonyl (C=O) groups is 4. The second-order valence-corrected chi connectivity index (χ2v) is 18.4. The molecular formula is C54H71N6O9P. The SMILES string of the molecule is CCN(CC)C(=O)c1ccc(C(=C2CCN(C(=O)OCOP(=O)(O)O)CC2)c2ccccc2)cc1.CCN(CC)C(=O)c1ccc(C(=C2CCN(C(=O)[C@@H](N)CCCCN)CC2)c2ccccc2)cc1. The Balaban J connectivity index is 0.000000261. The zero-order valence-corrected chi connectivity index (χ0v) is 42.0. The summed E-state index contributed by atoms with van der Waals surface area (Å²) < 4.78 is 19.7. The number of hydrogen-bond acceptors (Lipinski definition) is 9. The van der Waals surface area contributed by atoms with Crippen molar-refractivity contribution in [3.63, 3.8) is 0 Å². The second kappa shape index (κ2) is 27.5. The highest BCUT2D eigenvalue weighted by Crippen LogP contribution is 2.36. The Morgan fingerprint density at radius 1 is 0.586 bits per heavy atom. The number of rotatable bonds is 18. The van der Waals surface area contributed by atoms with E-state index in [1.807, 2.05) is 122 Å². The summed E-state index contributed by atoms with van der Waals surface area (Å²) in [4.78, 5) is 74.9. The molecule has 0 aliphatic carbocycles. The number of likely N-dealkylation sites (tertiary alicyclic amines) is 2. The molecule has 4 aromatic rings. The van der Waals surface area contributed by atoms with Crippen molar-refractivity contribution in [2.45, 2.75) is 78.7 Å². The Bertz CT molecular complexity index is 2420. The predicted molar refractivity (Wildman–Crippen MR) is 274 cm³/mol. The molecule has 1 atom stereocenters. The molecule has 4 amide bonds. The van der Waals surface area contributed by atoms with Crippen molar-refractivity contribution >= 4 is 42.8 Å². The van der Waals surface area contributed by atoms with E-state index in [0.717, 1.165) is 53.5 Å². The van der Waals surface area contributed by atoms with Crippen molar-refractivity contribution in [1.82, 2.24) is 19.6 Å². The standard InChI is InChI=1S/C29H40N4O2.C25H31N2O7P/c1-3-32(4-2)28(34)25-15-13-23(14-16-25)27(22-10-6-5-7-11-22)24-17-20-33(21-18-24)29(35)26(31)12-8-9-19-30;1-3-26(4-2)24(28)22-12-10-20(11-13-22)23(19-8-6-5-7-9-19)21-14-16-27(17-15-21)25(29)33-18-34-35(30,31)32/h5-7,10-11,13-16,26H,3-4,8-9,12,17-21,30-31H2,1-2H3;5-13H,3-4,14-18H2,1-2H3,(H2,30,31,32)/t26-;/m0./s1. The predicted octanol–water partition coefficient (Wildman–Crippen LogP) is 8.32. The molecule has 4 aromatic carbocycles. The van der Waals surface area contributed by atoms with Crippen LogP contribution in [0.25, 0.3) is 11.1 Å². The van der Waals surface area contributed by atoms with Crippen molar-refractivity contribution in [3.8, 4) is 0 Å². The van der Waals surface area contributed by atoms with Gasteiger partial charge in [0, 0.05) is 63.5 Å². The number of nitrogens with zero attached hydrogens (tertiary/aromatic N) is 4. The first-order valence-corrected chi connectivity index (χ1v) is 26.0. The van der Waals surface area contributed by atoms with Crippen LogP contribution >= 0.6 is 7.82 Å². The van der Waals surface area contributed by atoms with Crippen LogP contribution < -0.4 is 11.5 Å². The molecule has 2 heterocycles. The molecule has 0 aromatic heterocycles. The van der Waals surface area contributed by atoms with Crippen LogP contribution in [0.2, 0.25) is 0 Å². The summed E-state index contributed by atoms with van der Waals surface area (Å²) >= 11 is 0. The second-order valence-electron chi connectivity index (χ2n) is 17.1. The molecule has 2 saturated heterocycles. The Labute approximate surface area is 413 Å². The number of ether oxygens (including phenoxy) is 1. The van der Waals surface area contributed by atoms with E-state index in [9.17, 15) is 23.7 Å². The van der Waals surface area contributed by atoms with Gasteiger partial charge in [-0.05, 0) is 130 Å². The van der Waals surface area contributed by atoms with Crippen molar-refractivity contribution in [1.29, 1.82) is 0 Å². The largest absolute Gasteiger partial charge is 0.472 e. The van der Waals surface area contributed by atoms with Crippen LogP contribution in [0.4, 0.5) is 4.79 Å². The van der Waals surface area contributed by atoms with E-state index in [1.165, 1.54) is 21.6 Å². The highest BCUT2D eigenvalue weighted by molar-refractivity contribution is 7.46. The molecule has 2 fully saturated rings. The fraction of sp³-hybridized carbons (Fsp3) is 0.407. The lowest BCUT2D eigenvalue weighted by atomic mass is 9.88. The smallest absolute Gasteiger partial charge is 0.422 e. The first-order chi connectivity index (χ1) is 33.7. The number of nitrogens with two attached hydrogens (primary N) is 2. The summed E-state index contributed by atoms with van der Waals surface area (Å²) in [5.74, 6) is 0.108. The van der Waals surface area contributed by atoms with Gasteiger partial charge in [-0.1, -0.05) is 102 Å². The highest BCUT2D eigenvalue weighted by atomic mass is 31.2. The van der Waals surface area contributed by atoms with Gasteiger partial charge in [0.15, 0.2) is 0 Å². The van der Waals surface area contributed by atoms with E-state index in [1.54, 1.807) is 4.90 Å². The number of phosphoric ester groups is 1. The van der Waals surface area contributed by atoms with Gasteiger partial charge in [-0.3, -0.25) is 14.4 Å². The number of amides is 4. The molecule has 0 spiro atoms. The van der Waals surface area contributed by atoms with E-state index >= 15 is 0 Å². The molecule has 15 nitrogen and oxygen atoms in total. The number of phosphoric acid groups is 1. The van der Waals surface area contributed by atoms with Crippen molar-refractivity contribution in [3.05, 3.63) is 154 Å². The van der Waals surface area contributed by atoms with Gasteiger partial charge in [-0.25, -0.2) is 13.9 Å². The van der Waals surface area contributed by atoms with E-state index in [2.05, 4.69) is 28.8 Å². The van der Waals surface area contributed by atoms with Crippen molar-refractivity contribution < 1.29 is 42.8 Å². The third-order valence-corrected chi connectivity index (χ3v) is 13.2. The van der Waals surface area contributed by atoms with Crippen molar-refractivity contribution in [2.75, 3.05) is 65.7 Å². The van der Waals surface area contributed by atoms with Crippen LogP contribution in [-0.2, 0) is 18.6 Å². The Kier molecular flexibility index (Phi) is 21.6. The van der Waals surface area contributed by atoms with Gasteiger partial charge in [0.05, 0.1) is 6.04 Å². The minimum Gasteiger partial charge on any atom is -0.422 e. The fourth-order valence-electron chi connectivity index (χ4n) is 8.86. The molecular weight excluding hydrogens is 908 g/mol. The number of piperidine rings is 2. The van der Waals surface area contributed by atoms with Gasteiger partial charge in [-0.2, -0.15) is 0 Å². The van der Waals surface area contributed by atoms with Gasteiger partial charge in [0.1, 0.15) is 0 Å². The number of hydrogen-bond donors (Lipinski definition) is 4. The van der Waals surface area contributed by atoms with Crippen molar-refractivity contribution in [2.24, 2.45) is 11.5 Å². The Morgan fingerprint density at radius 3 is 1.33 bits per heavy atom. The normalized spacial score (nSPS) is 14.2. The summed E-state index contributed by atoms with van der Waals surface area (Å²) in [6.07, 6.45) is 4.62. The van der Waals surface area contributed by atoms with E-state index in [0.29, 0.717) is 89.3 Å². The average molecular weight is 979 g/mol. The summed E-state index contributed by atoms with van der Waals surface area (Å²) in [5, 5.41) is 0. The maximum Gasteiger partial charge on any atom is 0.472 e. The molecule has 6 rings (SSSR count). The first kappa shape index (κ1) is 55.0. The summed E-state index contributed by atoms with van der Waals surface area (Å²) in [6, 6.07) is 35.5. The molecule has 0 saturated carbocycles. The molecule has 0 radical (unpaired) electrons. The summed E-state index contributed by atoms with van der Waals surface area (Å²) in [5.41, 5.74) is 22.2. The topological polar surface area (TPSA) is 209 Å². The number of carbonyl (C=O) groups excluding carboxylic acids is 4. The zero-order chi connectivity index (χ0) is 50.6. The third kappa shape index (κ3) is 15.5. The molecule has 376 valence electrons. The van der Waals surface area contributed by atoms with Gasteiger partial charge >= 0.3 is 13.9 Å². The zero-order valence-electron chi connectivity index (χ0n) is 41.1. The van der Waals surface area contributed by atoms with Gasteiger partial charge in [-0.15, -0.1) is 0 Å². The highest BCUT2D eigenvalue weighted by Gasteiger charge is 2.27. The maximum absolute atomic E-state index is 12.8. The maximum atomic E-state index is 12.8. The van der Waals surface area contributed by atoms with Crippen LogP contribution in [0, 0.1) is 0 Å². The van der Waals surface area contributed by atoms with Crippen LogP contribution in [0.5, 0.6) is 0 Å². The lowest BCUT2D eigenvalue weighted by Gasteiger charge is -2.32. The van der Waals surface area contributed by atoms with E-state index in [4.69, 9.17) is 26.0 Å². The van der Waals surface area contributed by atoms with Gasteiger partial charge in [0.2, 0.25) is 12.7 Å². The van der Waals surface area contributed by atoms with E-state index in [-0.39, 0.29) is 17.7 Å². The molecule has 0 bridgehead atoms. The minimum absolute atomic E-state index is 0.00464. The van der Waals surface area contributed by atoms with Crippen LogP contribution in [0.3, 0.4) is 0 Å². The molecule has 2 aliphatic rings. The lowest BCUT2D eigenvalue weighted by molar-refractivity contribution is -0.133. The number of unbranched alkanes of at least 4 members (excludes halogenated alkanes) is 1. The summed E-state index contributed by atoms with van der Waals surface area (Å²) in [7, 11) is -4.70. The fourth-order valence-corrected chi connectivity index (χ4v) is 9.05. The first-order valence-electron chi connectivity index (χ1n) is 24.4. The van der Waals surface area contributed by atoms with Gasteiger partial charge < -0.3 is 45.6 Å². The average Bonchev–Trinajstić information content (AvgIpc) is 3.38. The van der Waals surface area contributed by atoms with Crippen LogP contribution in [-0.4, -0.2) is 125 Å². The van der Waals surface area contributed by atoms with E-state index < -0.39 is 26.8 Å². The molecule has 6 N–H and O–H groups in total. The van der Waals surface area contributed by atoms with Crippen LogP contribution in [0.1, 0.15) is 116 Å². The molecule has 0 unspecified atom stereocenters. The lowest BCUT2D eigenvalue weighted by Crippen LogP contribution is -2.46. The quantitative estimate of drug-likeness (QED) is 0.0423. The number of benzene rings is 4. The third-order valence-electron chi connectivity index (χ3n) is 12.8. The Morgan fingerprint density at radius 2 is 0.957 bits per heavy atom. The monoisotopic (exact) mass is 979 g/mol. The molecule has 2 aliphatic heterocycles. The minimum atomic E-state index is -4.70.